The summed E-state index contributed by atoms with van der Waals surface area (Å²) in [5.74, 6) is 0.699. The first-order valence-electron chi connectivity index (χ1n) is 6.27. The zero-order valence-corrected chi connectivity index (χ0v) is 10.5. The van der Waals surface area contributed by atoms with E-state index in [-0.39, 0.29) is 11.9 Å². The van der Waals surface area contributed by atoms with Gasteiger partial charge in [-0.1, -0.05) is 38.1 Å². The molecule has 2 N–H and O–H groups in total. The van der Waals surface area contributed by atoms with Gasteiger partial charge in [-0.25, -0.2) is 0 Å². The van der Waals surface area contributed by atoms with Gasteiger partial charge in [0.2, 0.25) is 5.91 Å². The molecular formula is C14H20N2O. The Bertz CT molecular complexity index is 384. The summed E-state index contributed by atoms with van der Waals surface area (Å²) in [5, 5.41) is 6.32. The summed E-state index contributed by atoms with van der Waals surface area (Å²) in [5.41, 5.74) is 2.60. The van der Waals surface area contributed by atoms with Crippen molar-refractivity contribution in [2.24, 2.45) is 0 Å². The van der Waals surface area contributed by atoms with Gasteiger partial charge in [-0.15, -0.1) is 0 Å². The number of carbonyl (C=O) groups excluding carboxylic acids is 1. The Hall–Kier alpha value is -1.35. The van der Waals surface area contributed by atoms with Gasteiger partial charge < -0.3 is 10.6 Å². The molecule has 1 saturated heterocycles. The third-order valence-corrected chi connectivity index (χ3v) is 3.25. The van der Waals surface area contributed by atoms with Crippen LogP contribution in [0.3, 0.4) is 0 Å². The van der Waals surface area contributed by atoms with Gasteiger partial charge in [0.25, 0.3) is 0 Å². The molecular weight excluding hydrogens is 212 g/mol. The monoisotopic (exact) mass is 232 g/mol. The van der Waals surface area contributed by atoms with Crippen LogP contribution in [0.4, 0.5) is 0 Å². The van der Waals surface area contributed by atoms with Crippen molar-refractivity contribution >= 4 is 5.91 Å². The molecule has 1 aliphatic rings. The lowest BCUT2D eigenvalue weighted by Gasteiger charge is -2.17. The largest absolute Gasteiger partial charge is 0.354 e. The molecule has 17 heavy (non-hydrogen) atoms. The van der Waals surface area contributed by atoms with Gasteiger partial charge in [0.15, 0.2) is 0 Å². The first kappa shape index (κ1) is 12.1. The van der Waals surface area contributed by atoms with E-state index < -0.39 is 0 Å². The van der Waals surface area contributed by atoms with Crippen molar-refractivity contribution in [2.45, 2.75) is 32.2 Å². The molecule has 1 fully saturated rings. The van der Waals surface area contributed by atoms with Crippen LogP contribution in [0.2, 0.25) is 0 Å². The van der Waals surface area contributed by atoms with Gasteiger partial charge >= 0.3 is 0 Å². The number of benzene rings is 1. The van der Waals surface area contributed by atoms with Gasteiger partial charge in [0.05, 0.1) is 0 Å². The normalized spacial score (nSPS) is 21.1. The highest BCUT2D eigenvalue weighted by atomic mass is 16.1. The minimum Gasteiger partial charge on any atom is -0.354 e. The molecule has 1 aromatic carbocycles. The fourth-order valence-corrected chi connectivity index (χ4v) is 2.09. The van der Waals surface area contributed by atoms with Crippen molar-refractivity contribution in [3.63, 3.8) is 0 Å². The summed E-state index contributed by atoms with van der Waals surface area (Å²) in [7, 11) is 0. The zero-order valence-electron chi connectivity index (χ0n) is 10.5. The van der Waals surface area contributed by atoms with Gasteiger partial charge in [-0.2, -0.15) is 0 Å². The van der Waals surface area contributed by atoms with E-state index >= 15 is 0 Å². The van der Waals surface area contributed by atoms with E-state index in [9.17, 15) is 4.79 Å². The molecule has 0 spiro atoms. The van der Waals surface area contributed by atoms with Gasteiger partial charge in [0.1, 0.15) is 0 Å². The molecule has 0 aromatic heterocycles. The second-order valence-corrected chi connectivity index (χ2v) is 4.88. The number of hydrogen-bond acceptors (Lipinski definition) is 2. The minimum absolute atomic E-state index is 0.138. The number of carbonyl (C=O) groups is 1. The Morgan fingerprint density at radius 2 is 1.94 bits per heavy atom. The van der Waals surface area contributed by atoms with E-state index in [4.69, 9.17) is 0 Å². The lowest BCUT2D eigenvalue weighted by atomic mass is 9.99. The highest BCUT2D eigenvalue weighted by molar-refractivity contribution is 5.76. The van der Waals surface area contributed by atoms with Crippen LogP contribution in [0.5, 0.6) is 0 Å². The maximum atomic E-state index is 11.3. The molecule has 1 heterocycles. The maximum absolute atomic E-state index is 11.3. The third kappa shape index (κ3) is 3.07. The number of rotatable bonds is 2. The SMILES string of the molecule is CC(C)c1ccc(C2CNC(=O)CCN2)cc1. The molecule has 92 valence electrons. The predicted molar refractivity (Wildman–Crippen MR) is 68.9 cm³/mol. The molecule has 1 aliphatic heterocycles. The number of hydrogen-bond donors (Lipinski definition) is 2. The summed E-state index contributed by atoms with van der Waals surface area (Å²) in [6.45, 7) is 5.82. The van der Waals surface area contributed by atoms with Crippen molar-refractivity contribution in [3.05, 3.63) is 35.4 Å². The van der Waals surface area contributed by atoms with E-state index in [1.807, 2.05) is 0 Å². The molecule has 2 rings (SSSR count). The fraction of sp³-hybridized carbons (Fsp3) is 0.500. The van der Waals surface area contributed by atoms with Crippen LogP contribution < -0.4 is 10.6 Å². The molecule has 0 bridgehead atoms. The molecule has 0 aliphatic carbocycles. The maximum Gasteiger partial charge on any atom is 0.221 e. The molecule has 0 radical (unpaired) electrons. The lowest BCUT2D eigenvalue weighted by Crippen LogP contribution is -2.28. The molecule has 3 heteroatoms. The van der Waals surface area contributed by atoms with Gasteiger partial charge in [0, 0.05) is 25.6 Å². The van der Waals surface area contributed by atoms with Crippen LogP contribution in [0.15, 0.2) is 24.3 Å². The molecule has 0 saturated carbocycles. The average molecular weight is 232 g/mol. The van der Waals surface area contributed by atoms with E-state index in [2.05, 4.69) is 48.7 Å². The van der Waals surface area contributed by atoms with Gasteiger partial charge in [-0.3, -0.25) is 4.79 Å². The Labute approximate surface area is 103 Å². The Morgan fingerprint density at radius 3 is 2.59 bits per heavy atom. The topological polar surface area (TPSA) is 41.1 Å². The quantitative estimate of drug-likeness (QED) is 0.818. The zero-order chi connectivity index (χ0) is 12.3. The smallest absolute Gasteiger partial charge is 0.221 e. The van der Waals surface area contributed by atoms with Crippen LogP contribution in [0.1, 0.15) is 43.4 Å². The molecule has 1 aromatic rings. The van der Waals surface area contributed by atoms with Crippen molar-refractivity contribution in [3.8, 4) is 0 Å². The first-order chi connectivity index (χ1) is 8.16. The van der Waals surface area contributed by atoms with Crippen LogP contribution in [-0.2, 0) is 4.79 Å². The second kappa shape index (κ2) is 5.32. The summed E-state index contributed by atoms with van der Waals surface area (Å²) in [6.07, 6.45) is 0.570. The molecule has 3 nitrogen and oxygen atoms in total. The fourth-order valence-electron chi connectivity index (χ4n) is 2.09. The Morgan fingerprint density at radius 1 is 1.24 bits per heavy atom. The summed E-state index contributed by atoms with van der Waals surface area (Å²) in [6, 6.07) is 8.90. The van der Waals surface area contributed by atoms with Crippen molar-refractivity contribution in [1.29, 1.82) is 0 Å². The first-order valence-corrected chi connectivity index (χ1v) is 6.27. The summed E-state index contributed by atoms with van der Waals surface area (Å²) in [4.78, 5) is 11.3. The van der Waals surface area contributed by atoms with Crippen molar-refractivity contribution < 1.29 is 4.79 Å². The highest BCUT2D eigenvalue weighted by Crippen LogP contribution is 2.19. The highest BCUT2D eigenvalue weighted by Gasteiger charge is 2.16. The Balaban J connectivity index is 2.08. The minimum atomic E-state index is 0.138. The van der Waals surface area contributed by atoms with Gasteiger partial charge in [-0.05, 0) is 17.0 Å². The molecule has 1 amide bonds. The molecule has 1 atom stereocenters. The number of amides is 1. The summed E-state index contributed by atoms with van der Waals surface area (Å²) >= 11 is 0. The van der Waals surface area contributed by atoms with E-state index in [1.165, 1.54) is 11.1 Å². The Kier molecular flexibility index (Phi) is 3.79. The van der Waals surface area contributed by atoms with E-state index in [0.717, 1.165) is 6.54 Å². The average Bonchev–Trinajstić information content (AvgIpc) is 2.54. The van der Waals surface area contributed by atoms with Crippen LogP contribution in [0, 0.1) is 0 Å². The predicted octanol–water partition coefficient (Wildman–Crippen LogP) is 1.96. The van der Waals surface area contributed by atoms with Crippen LogP contribution in [-0.4, -0.2) is 19.0 Å². The second-order valence-electron chi connectivity index (χ2n) is 4.88. The molecule has 1 unspecified atom stereocenters. The van der Waals surface area contributed by atoms with Crippen LogP contribution >= 0.6 is 0 Å². The lowest BCUT2D eigenvalue weighted by molar-refractivity contribution is -0.120. The van der Waals surface area contributed by atoms with E-state index in [0.29, 0.717) is 18.9 Å². The third-order valence-electron chi connectivity index (χ3n) is 3.25. The van der Waals surface area contributed by atoms with Crippen molar-refractivity contribution in [2.75, 3.05) is 13.1 Å². The standard InChI is InChI=1S/C14H20N2O/c1-10(2)11-3-5-12(6-4-11)13-9-16-14(17)7-8-15-13/h3-6,10,13,15H,7-9H2,1-2H3,(H,16,17). The van der Waals surface area contributed by atoms with Crippen LogP contribution in [0.25, 0.3) is 0 Å². The van der Waals surface area contributed by atoms with E-state index in [1.54, 1.807) is 0 Å². The number of nitrogens with one attached hydrogen (secondary N) is 2. The summed E-state index contributed by atoms with van der Waals surface area (Å²) < 4.78 is 0. The van der Waals surface area contributed by atoms with Crippen molar-refractivity contribution in [1.82, 2.24) is 10.6 Å².